The van der Waals surface area contributed by atoms with Gasteiger partial charge in [0.15, 0.2) is 0 Å². The molecule has 96 valence electrons. The van der Waals surface area contributed by atoms with Crippen LogP contribution in [-0.2, 0) is 0 Å². The number of aliphatic hydroxyl groups is 2. The highest BCUT2D eigenvalue weighted by Crippen LogP contribution is 1.99. The summed E-state index contributed by atoms with van der Waals surface area (Å²) in [7, 11) is 0. The summed E-state index contributed by atoms with van der Waals surface area (Å²) in [4.78, 5) is 4.75. The molecule has 0 aromatic heterocycles. The molecule has 5 heteroatoms. The molecule has 5 nitrogen and oxygen atoms in total. The molecule has 1 heterocycles. The summed E-state index contributed by atoms with van der Waals surface area (Å²) in [5.74, 6) is 0. The molecule has 0 bridgehead atoms. The third kappa shape index (κ3) is 5.77. The zero-order valence-corrected chi connectivity index (χ0v) is 10.1. The van der Waals surface area contributed by atoms with E-state index in [1.165, 1.54) is 0 Å². The minimum Gasteiger partial charge on any atom is -0.396 e. The van der Waals surface area contributed by atoms with Gasteiger partial charge in [-0.05, 0) is 13.0 Å². The van der Waals surface area contributed by atoms with Gasteiger partial charge in [0.1, 0.15) is 0 Å². The molecule has 0 aliphatic carbocycles. The Labute approximate surface area is 98.0 Å². The second kappa shape index (κ2) is 8.90. The van der Waals surface area contributed by atoms with E-state index in [9.17, 15) is 0 Å². The molecule has 0 amide bonds. The fourth-order valence-corrected chi connectivity index (χ4v) is 1.94. The van der Waals surface area contributed by atoms with Crippen LogP contribution in [0.3, 0.4) is 0 Å². The summed E-state index contributed by atoms with van der Waals surface area (Å²) in [6.07, 6.45) is 0.838. The molecule has 3 N–H and O–H groups in total. The van der Waals surface area contributed by atoms with Gasteiger partial charge in [0.2, 0.25) is 0 Å². The Morgan fingerprint density at radius 2 is 1.44 bits per heavy atom. The molecule has 1 aliphatic rings. The Balaban J connectivity index is 1.95. The van der Waals surface area contributed by atoms with Gasteiger partial charge in [0.05, 0.1) is 6.61 Å². The van der Waals surface area contributed by atoms with Gasteiger partial charge in [0, 0.05) is 52.4 Å². The number of aliphatic hydroxyl groups excluding tert-OH is 2. The molecule has 1 saturated heterocycles. The first-order valence-corrected chi connectivity index (χ1v) is 6.24. The van der Waals surface area contributed by atoms with E-state index in [0.29, 0.717) is 0 Å². The number of nitrogens with one attached hydrogen (secondary N) is 1. The predicted molar refractivity (Wildman–Crippen MR) is 64.5 cm³/mol. The number of nitrogens with zero attached hydrogens (tertiary/aromatic N) is 2. The highest BCUT2D eigenvalue weighted by molar-refractivity contribution is 4.72. The third-order valence-electron chi connectivity index (χ3n) is 3.00. The lowest BCUT2D eigenvalue weighted by atomic mass is 10.3. The lowest BCUT2D eigenvalue weighted by Crippen LogP contribution is -2.48. The second-order valence-corrected chi connectivity index (χ2v) is 4.23. The normalized spacial score (nSPS) is 19.1. The Morgan fingerprint density at radius 1 is 0.812 bits per heavy atom. The van der Waals surface area contributed by atoms with Crippen molar-refractivity contribution in [2.24, 2.45) is 0 Å². The van der Waals surface area contributed by atoms with E-state index in [0.717, 1.165) is 58.8 Å². The van der Waals surface area contributed by atoms with Crippen molar-refractivity contribution in [2.75, 3.05) is 65.6 Å². The van der Waals surface area contributed by atoms with Gasteiger partial charge in [-0.1, -0.05) is 0 Å². The third-order valence-corrected chi connectivity index (χ3v) is 3.00. The fourth-order valence-electron chi connectivity index (χ4n) is 1.94. The highest BCUT2D eigenvalue weighted by atomic mass is 16.3. The number of piperazine rings is 1. The minimum absolute atomic E-state index is 0.267. The number of rotatable bonds is 8. The SMILES string of the molecule is OCCCNCCN1CCN(CCO)CC1. The van der Waals surface area contributed by atoms with Crippen molar-refractivity contribution >= 4 is 0 Å². The van der Waals surface area contributed by atoms with Crippen molar-refractivity contribution in [1.82, 2.24) is 15.1 Å². The van der Waals surface area contributed by atoms with Crippen LogP contribution in [0.15, 0.2) is 0 Å². The first-order chi connectivity index (χ1) is 7.86. The molecular weight excluding hydrogens is 206 g/mol. The molecule has 1 aliphatic heterocycles. The lowest BCUT2D eigenvalue weighted by Gasteiger charge is -2.34. The van der Waals surface area contributed by atoms with Gasteiger partial charge < -0.3 is 15.5 Å². The summed E-state index contributed by atoms with van der Waals surface area (Å²) in [5, 5.41) is 20.8. The largest absolute Gasteiger partial charge is 0.396 e. The summed E-state index contributed by atoms with van der Waals surface area (Å²) >= 11 is 0. The van der Waals surface area contributed by atoms with Crippen molar-refractivity contribution in [3.05, 3.63) is 0 Å². The van der Waals surface area contributed by atoms with Crippen LogP contribution >= 0.6 is 0 Å². The summed E-state index contributed by atoms with van der Waals surface area (Å²) < 4.78 is 0. The number of hydrogen-bond acceptors (Lipinski definition) is 5. The number of β-amino-alcohol motifs (C(OH)–C–C–N with tert-alkyl or cyclic N) is 1. The van der Waals surface area contributed by atoms with Gasteiger partial charge in [-0.3, -0.25) is 9.80 Å². The smallest absolute Gasteiger partial charge is 0.0558 e. The van der Waals surface area contributed by atoms with Crippen molar-refractivity contribution < 1.29 is 10.2 Å². The van der Waals surface area contributed by atoms with E-state index in [1.54, 1.807) is 0 Å². The molecule has 0 unspecified atom stereocenters. The molecule has 16 heavy (non-hydrogen) atoms. The Bertz CT molecular complexity index is 161. The Morgan fingerprint density at radius 3 is 2.00 bits per heavy atom. The van der Waals surface area contributed by atoms with Crippen LogP contribution in [0.4, 0.5) is 0 Å². The van der Waals surface area contributed by atoms with Crippen LogP contribution in [0.2, 0.25) is 0 Å². The average Bonchev–Trinajstić information content (AvgIpc) is 2.31. The van der Waals surface area contributed by atoms with E-state index < -0.39 is 0 Å². The maximum absolute atomic E-state index is 8.82. The first-order valence-electron chi connectivity index (χ1n) is 6.24. The van der Waals surface area contributed by atoms with Crippen LogP contribution in [0.25, 0.3) is 0 Å². The van der Waals surface area contributed by atoms with Gasteiger partial charge in [0.25, 0.3) is 0 Å². The van der Waals surface area contributed by atoms with Gasteiger partial charge in [-0.25, -0.2) is 0 Å². The molecule has 0 atom stereocenters. The Kier molecular flexibility index (Phi) is 7.71. The first kappa shape index (κ1) is 13.9. The predicted octanol–water partition coefficient (Wildman–Crippen LogP) is -1.43. The van der Waals surface area contributed by atoms with Crippen LogP contribution < -0.4 is 5.32 Å². The molecule has 0 aromatic carbocycles. The molecule has 0 aromatic rings. The summed E-state index contributed by atoms with van der Waals surface area (Å²) in [5.41, 5.74) is 0. The van der Waals surface area contributed by atoms with E-state index in [2.05, 4.69) is 15.1 Å². The van der Waals surface area contributed by atoms with Crippen LogP contribution in [-0.4, -0.2) is 85.6 Å². The quantitative estimate of drug-likeness (QED) is 0.447. The molecular formula is C11H25N3O2. The second-order valence-electron chi connectivity index (χ2n) is 4.23. The van der Waals surface area contributed by atoms with Crippen LogP contribution in [0, 0.1) is 0 Å². The van der Waals surface area contributed by atoms with Gasteiger partial charge in [-0.2, -0.15) is 0 Å². The zero-order valence-electron chi connectivity index (χ0n) is 10.1. The van der Waals surface area contributed by atoms with Crippen LogP contribution in [0.5, 0.6) is 0 Å². The maximum atomic E-state index is 8.82. The average molecular weight is 231 g/mol. The van der Waals surface area contributed by atoms with E-state index in [1.807, 2.05) is 0 Å². The molecule has 0 saturated carbocycles. The molecule has 1 fully saturated rings. The summed E-state index contributed by atoms with van der Waals surface area (Å²) in [6.45, 7) is 8.66. The van der Waals surface area contributed by atoms with E-state index in [-0.39, 0.29) is 13.2 Å². The standard InChI is InChI=1S/C11H25N3O2/c15-10-1-2-12-3-4-13-5-7-14(8-6-13)9-11-16/h12,15-16H,1-11H2. The van der Waals surface area contributed by atoms with Crippen LogP contribution in [0.1, 0.15) is 6.42 Å². The molecule has 0 radical (unpaired) electrons. The topological polar surface area (TPSA) is 59.0 Å². The lowest BCUT2D eigenvalue weighted by molar-refractivity contribution is 0.113. The van der Waals surface area contributed by atoms with E-state index in [4.69, 9.17) is 10.2 Å². The zero-order chi connectivity index (χ0) is 11.6. The van der Waals surface area contributed by atoms with Gasteiger partial charge in [-0.15, -0.1) is 0 Å². The van der Waals surface area contributed by atoms with Gasteiger partial charge >= 0.3 is 0 Å². The monoisotopic (exact) mass is 231 g/mol. The van der Waals surface area contributed by atoms with Crippen molar-refractivity contribution in [3.63, 3.8) is 0 Å². The summed E-state index contributed by atoms with van der Waals surface area (Å²) in [6, 6.07) is 0. The van der Waals surface area contributed by atoms with Crippen molar-refractivity contribution in [1.29, 1.82) is 0 Å². The molecule has 0 spiro atoms. The Hall–Kier alpha value is -0.200. The highest BCUT2D eigenvalue weighted by Gasteiger charge is 2.15. The fraction of sp³-hybridized carbons (Fsp3) is 1.00. The van der Waals surface area contributed by atoms with Crippen molar-refractivity contribution in [2.45, 2.75) is 6.42 Å². The molecule has 1 rings (SSSR count). The number of hydrogen-bond donors (Lipinski definition) is 3. The minimum atomic E-state index is 0.267. The van der Waals surface area contributed by atoms with E-state index >= 15 is 0 Å². The van der Waals surface area contributed by atoms with Crippen molar-refractivity contribution in [3.8, 4) is 0 Å². The maximum Gasteiger partial charge on any atom is 0.0558 e.